The van der Waals surface area contributed by atoms with Crippen molar-refractivity contribution in [2.24, 2.45) is 11.8 Å². The van der Waals surface area contributed by atoms with E-state index < -0.39 is 21.0 Å². The molecule has 0 saturated heterocycles. The van der Waals surface area contributed by atoms with Gasteiger partial charge in [-0.2, -0.15) is 0 Å². The van der Waals surface area contributed by atoms with Gasteiger partial charge in [0.15, 0.2) is 0 Å². The average Bonchev–Trinajstić information content (AvgIpc) is 2.14. The van der Waals surface area contributed by atoms with Gasteiger partial charge in [0.05, 0.1) is 0 Å². The third-order valence-electron chi connectivity index (χ3n) is 2.09. The number of hydrogen-bond acceptors (Lipinski definition) is 3. The van der Waals surface area contributed by atoms with Crippen molar-refractivity contribution in [2.45, 2.75) is 40.5 Å². The Balaban J connectivity index is 3.46. The topological polar surface area (TPSA) is 27.7 Å². The zero-order valence-electron chi connectivity index (χ0n) is 10.8. The third-order valence-corrected chi connectivity index (χ3v) is 13.5. The molecule has 0 saturated carbocycles. The van der Waals surface area contributed by atoms with E-state index in [4.69, 9.17) is 7.56 Å². The first-order valence-electron chi connectivity index (χ1n) is 5.82. The van der Waals surface area contributed by atoms with Gasteiger partial charge in [0.1, 0.15) is 0 Å². The first kappa shape index (κ1) is 16.5. The van der Waals surface area contributed by atoms with E-state index in [0.29, 0.717) is 11.8 Å². The molecule has 0 rings (SSSR count). The van der Waals surface area contributed by atoms with Gasteiger partial charge in [0.2, 0.25) is 0 Å². The quantitative estimate of drug-likeness (QED) is 0.512. The van der Waals surface area contributed by atoms with Crippen LogP contribution in [0.1, 0.15) is 40.5 Å². The standard InChI is InChI=1S/2C5H11O.O.2Sn.4H/c2*1-5(2)3-4-6;;;;;;;/h2*5H,3-4H2,1-2H3;;;;;;;/q2*-1;;;+2;;;;. The van der Waals surface area contributed by atoms with E-state index in [-0.39, 0.29) is 22.9 Å². The van der Waals surface area contributed by atoms with Gasteiger partial charge in [-0.3, -0.25) is 0 Å². The summed E-state index contributed by atoms with van der Waals surface area (Å²) >= 11 is -2.17. The molecule has 3 nitrogen and oxygen atoms in total. The van der Waals surface area contributed by atoms with Crippen LogP contribution in [-0.4, -0.2) is 57.2 Å². The molecule has 0 fully saturated rings. The van der Waals surface area contributed by atoms with Crippen molar-refractivity contribution in [3.05, 3.63) is 0 Å². The average molecular weight is 432 g/mol. The summed E-state index contributed by atoms with van der Waals surface area (Å²) in [4.78, 5) is 0. The summed E-state index contributed by atoms with van der Waals surface area (Å²) in [7, 11) is 0. The summed E-state index contributed by atoms with van der Waals surface area (Å²) in [6.45, 7) is 10.5. The third kappa shape index (κ3) is 11.7. The van der Waals surface area contributed by atoms with Crippen LogP contribution in [0.5, 0.6) is 0 Å². The molecule has 0 aliphatic rings. The van der Waals surface area contributed by atoms with Crippen LogP contribution in [0, 0.1) is 11.8 Å². The normalized spacial score (nSPS) is 12.2. The molecule has 0 unspecified atom stereocenters. The molecule has 15 heavy (non-hydrogen) atoms. The number of rotatable bonds is 9. The van der Waals surface area contributed by atoms with E-state index in [2.05, 4.69) is 27.7 Å². The first-order valence-corrected chi connectivity index (χ1v) is 12.2. The van der Waals surface area contributed by atoms with E-state index in [1.54, 1.807) is 0 Å². The van der Waals surface area contributed by atoms with Gasteiger partial charge in [-0.15, -0.1) is 0 Å². The maximum absolute atomic E-state index is 5.70. The van der Waals surface area contributed by atoms with Crippen molar-refractivity contribution in [2.75, 3.05) is 13.2 Å². The van der Waals surface area contributed by atoms with Crippen LogP contribution in [0.2, 0.25) is 0 Å². The van der Waals surface area contributed by atoms with Crippen LogP contribution in [0.15, 0.2) is 0 Å². The van der Waals surface area contributed by atoms with Crippen molar-refractivity contribution in [3.63, 3.8) is 0 Å². The van der Waals surface area contributed by atoms with E-state index in [0.717, 1.165) is 26.1 Å². The first-order chi connectivity index (χ1) is 7.06. The minimum absolute atomic E-state index is 0.251. The monoisotopic (exact) mass is 434 g/mol. The molecule has 5 heteroatoms. The second-order valence-corrected chi connectivity index (χ2v) is 18.6. The molecule has 0 bridgehead atoms. The zero-order valence-corrected chi connectivity index (χ0v) is 19.8. The molecular formula is C10H26O3Sn2. The zero-order chi connectivity index (χ0) is 11.7. The summed E-state index contributed by atoms with van der Waals surface area (Å²) in [5, 5.41) is 0. The van der Waals surface area contributed by atoms with Crippen molar-refractivity contribution in [3.8, 4) is 0 Å². The molecule has 0 aromatic carbocycles. The molecule has 0 radical (unpaired) electrons. The van der Waals surface area contributed by atoms with Crippen LogP contribution < -0.4 is 0 Å². The summed E-state index contributed by atoms with van der Waals surface area (Å²) in [5.41, 5.74) is 0. The molecule has 0 amide bonds. The van der Waals surface area contributed by atoms with Crippen LogP contribution in [0.25, 0.3) is 0 Å². The molecule has 0 spiro atoms. The van der Waals surface area contributed by atoms with E-state index in [9.17, 15) is 0 Å². The van der Waals surface area contributed by atoms with Crippen molar-refractivity contribution < 1.29 is 7.56 Å². The SMILES string of the molecule is CC(C)CC[O][SnH]([O][SnH3])[O]CCC(C)C. The van der Waals surface area contributed by atoms with Gasteiger partial charge in [-0.05, 0) is 0 Å². The summed E-state index contributed by atoms with van der Waals surface area (Å²) in [6, 6.07) is 0. The Morgan fingerprint density at radius 3 is 1.60 bits per heavy atom. The van der Waals surface area contributed by atoms with Gasteiger partial charge in [0.25, 0.3) is 0 Å². The summed E-state index contributed by atoms with van der Waals surface area (Å²) in [5.74, 6) is 1.40. The van der Waals surface area contributed by atoms with Crippen LogP contribution in [0.4, 0.5) is 0 Å². The Morgan fingerprint density at radius 1 is 0.933 bits per heavy atom. The number of hydrogen-bond donors (Lipinski definition) is 0. The fraction of sp³-hybridized carbons (Fsp3) is 1.00. The van der Waals surface area contributed by atoms with Gasteiger partial charge >= 0.3 is 117 Å². The van der Waals surface area contributed by atoms with Crippen molar-refractivity contribution in [1.29, 1.82) is 0 Å². The predicted octanol–water partition coefficient (Wildman–Crippen LogP) is 1.13. The van der Waals surface area contributed by atoms with Crippen molar-refractivity contribution in [1.82, 2.24) is 0 Å². The molecule has 0 aliphatic heterocycles. The second kappa shape index (κ2) is 10.6. The predicted molar refractivity (Wildman–Crippen MR) is 69.0 cm³/mol. The molecule has 92 valence electrons. The molecule has 0 aromatic rings. The van der Waals surface area contributed by atoms with Gasteiger partial charge < -0.3 is 0 Å². The molecule has 0 aromatic heterocycles. The molecule has 0 aliphatic carbocycles. The van der Waals surface area contributed by atoms with Crippen LogP contribution >= 0.6 is 0 Å². The second-order valence-electron chi connectivity index (χ2n) is 4.63. The maximum atomic E-state index is 5.70. The van der Waals surface area contributed by atoms with E-state index >= 15 is 0 Å². The van der Waals surface area contributed by atoms with Gasteiger partial charge in [-0.1, -0.05) is 0 Å². The Labute approximate surface area is 116 Å². The van der Waals surface area contributed by atoms with Crippen LogP contribution in [0.3, 0.4) is 0 Å². The summed E-state index contributed by atoms with van der Waals surface area (Å²) in [6.07, 6.45) is 2.22. The fourth-order valence-electron chi connectivity index (χ4n) is 0.984. The van der Waals surface area contributed by atoms with Crippen molar-refractivity contribution >= 4 is 43.9 Å². The van der Waals surface area contributed by atoms with Crippen LogP contribution in [-0.2, 0) is 7.56 Å². The van der Waals surface area contributed by atoms with E-state index in [1.165, 1.54) is 0 Å². The van der Waals surface area contributed by atoms with E-state index in [1.807, 2.05) is 0 Å². The van der Waals surface area contributed by atoms with Gasteiger partial charge in [-0.25, -0.2) is 0 Å². The molecule has 0 N–H and O–H groups in total. The molecular weight excluding hydrogens is 406 g/mol. The summed E-state index contributed by atoms with van der Waals surface area (Å²) < 4.78 is 16.9. The Kier molecular flexibility index (Phi) is 11.7. The molecule has 0 heterocycles. The Hall–Kier alpha value is 1.48. The Bertz CT molecular complexity index is 129. The fourth-order valence-corrected chi connectivity index (χ4v) is 9.12. The van der Waals surface area contributed by atoms with Gasteiger partial charge in [0, 0.05) is 0 Å². The molecule has 0 atom stereocenters. The Morgan fingerprint density at radius 2 is 1.33 bits per heavy atom. The minimum atomic E-state index is -2.42.